The minimum absolute atomic E-state index is 0.119. The summed E-state index contributed by atoms with van der Waals surface area (Å²) in [4.78, 5) is 22.9. The molecule has 0 saturated carbocycles. The Labute approximate surface area is 168 Å². The quantitative estimate of drug-likeness (QED) is 0.682. The molecule has 3 aromatic rings. The van der Waals surface area contributed by atoms with Gasteiger partial charge in [0.15, 0.2) is 5.82 Å². The van der Waals surface area contributed by atoms with Gasteiger partial charge in [-0.15, -0.1) is 11.3 Å². The third kappa shape index (κ3) is 2.50. The molecule has 2 aliphatic rings. The first kappa shape index (κ1) is 17.5. The summed E-state index contributed by atoms with van der Waals surface area (Å²) in [5, 5.41) is 1.96. The van der Waals surface area contributed by atoms with Gasteiger partial charge in [0.05, 0.1) is 22.9 Å². The number of carbonyl (C=O) groups is 1. The summed E-state index contributed by atoms with van der Waals surface area (Å²) in [7, 11) is 1.73. The number of amides is 1. The van der Waals surface area contributed by atoms with Crippen LogP contribution in [0.15, 0.2) is 54.2 Å². The third-order valence-corrected chi connectivity index (χ3v) is 6.67. The molecule has 1 saturated heterocycles. The van der Waals surface area contributed by atoms with Gasteiger partial charge in [0.2, 0.25) is 0 Å². The molecule has 5 rings (SSSR count). The van der Waals surface area contributed by atoms with Crippen molar-refractivity contribution < 1.29 is 9.53 Å². The number of carbonyl (C=O) groups excluding carboxylic acids is 1. The maximum absolute atomic E-state index is 13.0. The van der Waals surface area contributed by atoms with Crippen molar-refractivity contribution in [2.75, 3.05) is 38.3 Å². The molecule has 6 nitrogen and oxygen atoms in total. The Balaban J connectivity index is 1.58. The van der Waals surface area contributed by atoms with E-state index in [0.29, 0.717) is 13.2 Å². The molecule has 2 aliphatic heterocycles. The molecule has 5 heterocycles. The van der Waals surface area contributed by atoms with Crippen molar-refractivity contribution in [2.45, 2.75) is 12.0 Å². The van der Waals surface area contributed by atoms with E-state index >= 15 is 0 Å². The number of ether oxygens (including phenoxy) is 1. The first-order valence-electron chi connectivity index (χ1n) is 9.47. The van der Waals surface area contributed by atoms with Crippen LogP contribution in [-0.4, -0.2) is 53.7 Å². The molecule has 0 aromatic carbocycles. The van der Waals surface area contributed by atoms with Gasteiger partial charge in [-0.05, 0) is 42.1 Å². The van der Waals surface area contributed by atoms with Gasteiger partial charge in [0.25, 0.3) is 5.91 Å². The van der Waals surface area contributed by atoms with Crippen LogP contribution in [0.2, 0.25) is 0 Å². The number of rotatable bonds is 4. The molecule has 0 radical (unpaired) electrons. The zero-order valence-electron chi connectivity index (χ0n) is 15.7. The number of nitrogens with zero attached hydrogens (tertiary/aromatic N) is 4. The molecule has 7 heteroatoms. The van der Waals surface area contributed by atoms with Crippen molar-refractivity contribution in [1.82, 2.24) is 14.5 Å². The molecular formula is C21H22N4O2S. The van der Waals surface area contributed by atoms with E-state index in [4.69, 9.17) is 4.74 Å². The Kier molecular flexibility index (Phi) is 4.21. The number of anilines is 1. The van der Waals surface area contributed by atoms with Crippen LogP contribution < -0.4 is 4.90 Å². The van der Waals surface area contributed by atoms with E-state index in [1.54, 1.807) is 7.11 Å². The maximum Gasteiger partial charge on any atom is 0.264 e. The summed E-state index contributed by atoms with van der Waals surface area (Å²) < 4.78 is 7.60. The number of hydrogen-bond donors (Lipinski definition) is 0. The monoisotopic (exact) mass is 394 g/mol. The highest BCUT2D eigenvalue weighted by Gasteiger charge is 2.50. The minimum Gasteiger partial charge on any atom is -0.383 e. The van der Waals surface area contributed by atoms with Crippen LogP contribution in [0.4, 0.5) is 5.69 Å². The van der Waals surface area contributed by atoms with Crippen LogP contribution in [-0.2, 0) is 10.3 Å². The van der Waals surface area contributed by atoms with Crippen LogP contribution in [0.3, 0.4) is 0 Å². The summed E-state index contributed by atoms with van der Waals surface area (Å²) in [5.74, 6) is 1.06. The van der Waals surface area contributed by atoms with Gasteiger partial charge < -0.3 is 19.1 Å². The van der Waals surface area contributed by atoms with E-state index in [1.165, 1.54) is 17.0 Å². The van der Waals surface area contributed by atoms with Gasteiger partial charge >= 0.3 is 0 Å². The predicted octanol–water partition coefficient (Wildman–Crippen LogP) is 3.14. The lowest BCUT2D eigenvalue weighted by molar-refractivity contribution is 0.0786. The van der Waals surface area contributed by atoms with E-state index < -0.39 is 0 Å². The molecule has 1 amide bonds. The highest BCUT2D eigenvalue weighted by molar-refractivity contribution is 7.12. The minimum atomic E-state index is -0.273. The zero-order chi connectivity index (χ0) is 19.1. The number of pyridine rings is 1. The number of aromatic nitrogens is 2. The van der Waals surface area contributed by atoms with Gasteiger partial charge in [-0.25, -0.2) is 4.98 Å². The molecule has 1 atom stereocenters. The van der Waals surface area contributed by atoms with E-state index in [1.807, 2.05) is 34.7 Å². The van der Waals surface area contributed by atoms with Crippen LogP contribution in [0, 0.1) is 0 Å². The summed E-state index contributed by atoms with van der Waals surface area (Å²) in [5.41, 5.74) is 2.01. The molecule has 1 unspecified atom stereocenters. The first-order chi connectivity index (χ1) is 13.7. The average Bonchev–Trinajstić information content (AvgIpc) is 3.48. The fourth-order valence-electron chi connectivity index (χ4n) is 4.57. The Morgan fingerprint density at radius 2 is 2.21 bits per heavy atom. The third-order valence-electron chi connectivity index (χ3n) is 5.81. The van der Waals surface area contributed by atoms with Crippen LogP contribution in [0.1, 0.15) is 21.8 Å². The van der Waals surface area contributed by atoms with Crippen molar-refractivity contribution in [3.05, 3.63) is 64.7 Å². The van der Waals surface area contributed by atoms with E-state index in [2.05, 4.69) is 38.8 Å². The summed E-state index contributed by atoms with van der Waals surface area (Å²) in [6.07, 6.45) is 4.78. The molecule has 28 heavy (non-hydrogen) atoms. The average molecular weight is 395 g/mol. The second kappa shape index (κ2) is 6.76. The maximum atomic E-state index is 13.0. The SMILES string of the molecule is COCCN1c2cccnc2-n2cccc2C12CCN(C(=O)c1cccs1)C2. The Bertz CT molecular complexity index is 1000. The molecule has 1 spiro atoms. The standard InChI is InChI=1S/C21H22N4O2S/c1-27-13-12-25-16-5-2-9-22-19(16)24-10-3-7-18(24)21(25)8-11-23(15-21)20(26)17-6-4-14-28-17/h2-7,9-10,14H,8,11-13,15H2,1H3. The number of thiophene rings is 1. The van der Waals surface area contributed by atoms with Crippen molar-refractivity contribution in [1.29, 1.82) is 0 Å². The van der Waals surface area contributed by atoms with Gasteiger partial charge in [-0.2, -0.15) is 0 Å². The normalized spacial score (nSPS) is 20.5. The summed E-state index contributed by atoms with van der Waals surface area (Å²) in [6, 6.07) is 12.2. The van der Waals surface area contributed by atoms with Crippen molar-refractivity contribution >= 4 is 22.9 Å². The molecule has 0 N–H and O–H groups in total. The molecule has 0 aliphatic carbocycles. The van der Waals surface area contributed by atoms with Crippen LogP contribution in [0.25, 0.3) is 5.82 Å². The molecule has 0 bridgehead atoms. The van der Waals surface area contributed by atoms with E-state index in [-0.39, 0.29) is 11.4 Å². The van der Waals surface area contributed by atoms with Crippen molar-refractivity contribution in [3.8, 4) is 5.82 Å². The van der Waals surface area contributed by atoms with Crippen LogP contribution >= 0.6 is 11.3 Å². The molecule has 144 valence electrons. The number of likely N-dealkylation sites (tertiary alicyclic amines) is 1. The zero-order valence-corrected chi connectivity index (χ0v) is 16.6. The molecular weight excluding hydrogens is 372 g/mol. The summed E-state index contributed by atoms with van der Waals surface area (Å²) in [6.45, 7) is 2.77. The van der Waals surface area contributed by atoms with E-state index in [9.17, 15) is 4.79 Å². The van der Waals surface area contributed by atoms with Gasteiger partial charge in [-0.1, -0.05) is 6.07 Å². The lowest BCUT2D eigenvalue weighted by Crippen LogP contribution is -2.53. The number of hydrogen-bond acceptors (Lipinski definition) is 5. The first-order valence-corrected chi connectivity index (χ1v) is 10.4. The number of methoxy groups -OCH3 is 1. The van der Waals surface area contributed by atoms with Gasteiger partial charge in [0.1, 0.15) is 5.54 Å². The highest BCUT2D eigenvalue weighted by atomic mass is 32.1. The Morgan fingerprint density at radius 3 is 3.04 bits per heavy atom. The van der Waals surface area contributed by atoms with Gasteiger partial charge in [0, 0.05) is 39.1 Å². The van der Waals surface area contributed by atoms with Crippen molar-refractivity contribution in [2.24, 2.45) is 0 Å². The summed E-state index contributed by atoms with van der Waals surface area (Å²) >= 11 is 1.50. The topological polar surface area (TPSA) is 50.6 Å². The number of fused-ring (bicyclic) bond motifs is 4. The van der Waals surface area contributed by atoms with E-state index in [0.717, 1.165) is 35.9 Å². The Hall–Kier alpha value is -2.64. The highest BCUT2D eigenvalue weighted by Crippen LogP contribution is 2.47. The molecule has 3 aromatic heterocycles. The molecule has 1 fully saturated rings. The predicted molar refractivity (Wildman–Crippen MR) is 109 cm³/mol. The second-order valence-electron chi connectivity index (χ2n) is 7.24. The van der Waals surface area contributed by atoms with Crippen LogP contribution in [0.5, 0.6) is 0 Å². The smallest absolute Gasteiger partial charge is 0.264 e. The van der Waals surface area contributed by atoms with Crippen molar-refractivity contribution in [3.63, 3.8) is 0 Å². The lowest BCUT2D eigenvalue weighted by atomic mass is 9.89. The lowest BCUT2D eigenvalue weighted by Gasteiger charge is -2.47. The second-order valence-corrected chi connectivity index (χ2v) is 8.19. The fourth-order valence-corrected chi connectivity index (χ4v) is 5.26. The van der Waals surface area contributed by atoms with Gasteiger partial charge in [-0.3, -0.25) is 4.79 Å². The fraction of sp³-hybridized carbons (Fsp3) is 0.333. The largest absolute Gasteiger partial charge is 0.383 e. The Morgan fingerprint density at radius 1 is 1.29 bits per heavy atom.